The molecule has 0 aliphatic heterocycles. The van der Waals surface area contributed by atoms with Crippen molar-refractivity contribution < 1.29 is 17.6 Å². The van der Waals surface area contributed by atoms with Crippen LogP contribution in [-0.4, -0.2) is 14.2 Å². The molecule has 2 aromatic heterocycles. The summed E-state index contributed by atoms with van der Waals surface area (Å²) in [7, 11) is -3.65. The van der Waals surface area contributed by atoms with Crippen LogP contribution in [0.3, 0.4) is 0 Å². The molecule has 0 aliphatic carbocycles. The van der Waals surface area contributed by atoms with Gasteiger partial charge < -0.3 is 4.42 Å². The van der Waals surface area contributed by atoms with Gasteiger partial charge in [-0.25, -0.2) is 8.42 Å². The van der Waals surface area contributed by atoms with Crippen molar-refractivity contribution in [3.8, 4) is 0 Å². The Morgan fingerprint density at radius 2 is 2.09 bits per heavy atom. The maximum absolute atomic E-state index is 12.3. The summed E-state index contributed by atoms with van der Waals surface area (Å²) < 4.78 is 33.6. The van der Waals surface area contributed by atoms with Crippen LogP contribution in [0.4, 0.5) is 5.69 Å². The summed E-state index contributed by atoms with van der Waals surface area (Å²) in [6.07, 6.45) is 0. The van der Waals surface area contributed by atoms with E-state index in [1.807, 2.05) is 0 Å². The van der Waals surface area contributed by atoms with Gasteiger partial charge in [0.1, 0.15) is 15.6 Å². The molecular formula is C15H12BrNO4S2. The molecule has 0 saturated carbocycles. The van der Waals surface area contributed by atoms with Gasteiger partial charge in [0, 0.05) is 5.39 Å². The first-order valence-electron chi connectivity index (χ1n) is 6.59. The van der Waals surface area contributed by atoms with E-state index in [1.54, 1.807) is 30.5 Å². The summed E-state index contributed by atoms with van der Waals surface area (Å²) >= 11 is 4.50. The highest BCUT2D eigenvalue weighted by atomic mass is 79.9. The third-order valence-corrected chi connectivity index (χ3v) is 6.65. The number of sulfonamides is 1. The standard InChI is InChI=1S/C15H12BrNO4S2/c1-8(18)14-9(2)21-15-11(14)6-10(7-12(15)16)17-23(19,20)13-4-3-5-22-13/h3-7,17H,1-2H3. The van der Waals surface area contributed by atoms with Crippen molar-refractivity contribution in [1.82, 2.24) is 0 Å². The Morgan fingerprint density at radius 3 is 2.70 bits per heavy atom. The van der Waals surface area contributed by atoms with Crippen molar-refractivity contribution in [2.24, 2.45) is 0 Å². The number of thiophene rings is 1. The van der Waals surface area contributed by atoms with Crippen molar-refractivity contribution >= 4 is 59.7 Å². The zero-order chi connectivity index (χ0) is 16.8. The normalized spacial score (nSPS) is 11.8. The highest BCUT2D eigenvalue weighted by Crippen LogP contribution is 2.35. The minimum absolute atomic E-state index is 0.133. The number of halogens is 1. The molecule has 5 nitrogen and oxygen atoms in total. The lowest BCUT2D eigenvalue weighted by Crippen LogP contribution is -2.11. The minimum Gasteiger partial charge on any atom is -0.459 e. The van der Waals surface area contributed by atoms with E-state index in [4.69, 9.17) is 4.42 Å². The van der Waals surface area contributed by atoms with E-state index in [9.17, 15) is 13.2 Å². The maximum atomic E-state index is 12.3. The second-order valence-corrected chi connectivity index (χ2v) is 8.67. The lowest BCUT2D eigenvalue weighted by molar-refractivity contribution is 0.101. The van der Waals surface area contributed by atoms with E-state index in [0.29, 0.717) is 32.5 Å². The molecule has 1 aromatic carbocycles. The van der Waals surface area contributed by atoms with E-state index >= 15 is 0 Å². The van der Waals surface area contributed by atoms with E-state index in [0.717, 1.165) is 11.3 Å². The number of fused-ring (bicyclic) bond motifs is 1. The molecule has 0 saturated heterocycles. The molecule has 0 amide bonds. The first kappa shape index (κ1) is 16.2. The Labute approximate surface area is 145 Å². The summed E-state index contributed by atoms with van der Waals surface area (Å²) in [6, 6.07) is 6.42. The van der Waals surface area contributed by atoms with Gasteiger partial charge in [0.05, 0.1) is 15.7 Å². The largest absolute Gasteiger partial charge is 0.459 e. The van der Waals surface area contributed by atoms with Crippen LogP contribution in [0.15, 0.2) is 42.7 Å². The number of aryl methyl sites for hydroxylation is 1. The third kappa shape index (κ3) is 2.93. The summed E-state index contributed by atoms with van der Waals surface area (Å²) in [5.74, 6) is 0.373. The Balaban J connectivity index is 2.13. The number of carbonyl (C=O) groups excluding carboxylic acids is 1. The fourth-order valence-corrected chi connectivity index (χ4v) is 4.97. The second-order valence-electron chi connectivity index (χ2n) is 4.96. The Morgan fingerprint density at radius 1 is 1.35 bits per heavy atom. The molecule has 2 heterocycles. The second kappa shape index (κ2) is 5.77. The Hall–Kier alpha value is -1.64. The fourth-order valence-electron chi connectivity index (χ4n) is 2.39. The van der Waals surface area contributed by atoms with Crippen LogP contribution < -0.4 is 4.72 Å². The molecule has 120 valence electrons. The molecule has 0 spiro atoms. The molecule has 0 atom stereocenters. The van der Waals surface area contributed by atoms with Gasteiger partial charge in [0.15, 0.2) is 5.78 Å². The number of furan rings is 1. The molecule has 0 fully saturated rings. The minimum atomic E-state index is -3.65. The first-order valence-corrected chi connectivity index (χ1v) is 9.75. The summed E-state index contributed by atoms with van der Waals surface area (Å²) in [5, 5.41) is 2.27. The van der Waals surface area contributed by atoms with Crippen LogP contribution in [0.2, 0.25) is 0 Å². The fraction of sp³-hybridized carbons (Fsp3) is 0.133. The number of ketones is 1. The SMILES string of the molecule is CC(=O)c1c(C)oc2c(Br)cc(NS(=O)(=O)c3cccs3)cc12. The number of hydrogen-bond acceptors (Lipinski definition) is 5. The monoisotopic (exact) mass is 413 g/mol. The highest BCUT2D eigenvalue weighted by molar-refractivity contribution is 9.10. The molecule has 0 bridgehead atoms. The zero-order valence-electron chi connectivity index (χ0n) is 12.2. The van der Waals surface area contributed by atoms with Gasteiger partial charge in [-0.05, 0) is 53.4 Å². The van der Waals surface area contributed by atoms with Gasteiger partial charge >= 0.3 is 0 Å². The van der Waals surface area contributed by atoms with E-state index < -0.39 is 10.0 Å². The van der Waals surface area contributed by atoms with Crippen molar-refractivity contribution in [1.29, 1.82) is 0 Å². The lowest BCUT2D eigenvalue weighted by atomic mass is 10.1. The number of rotatable bonds is 4. The van der Waals surface area contributed by atoms with Crippen molar-refractivity contribution in [3.05, 3.63) is 45.4 Å². The summed E-state index contributed by atoms with van der Waals surface area (Å²) in [5.41, 5.74) is 1.34. The van der Waals surface area contributed by atoms with E-state index in [-0.39, 0.29) is 9.99 Å². The average Bonchev–Trinajstić information content (AvgIpc) is 3.05. The van der Waals surface area contributed by atoms with Crippen LogP contribution in [0.5, 0.6) is 0 Å². The molecule has 23 heavy (non-hydrogen) atoms. The van der Waals surface area contributed by atoms with Crippen molar-refractivity contribution in [3.63, 3.8) is 0 Å². The molecule has 0 unspecified atom stereocenters. The summed E-state index contributed by atoms with van der Waals surface area (Å²) in [4.78, 5) is 11.8. The van der Waals surface area contributed by atoms with Gasteiger partial charge in [-0.1, -0.05) is 6.07 Å². The molecule has 1 N–H and O–H groups in total. The third-order valence-electron chi connectivity index (χ3n) is 3.28. The van der Waals surface area contributed by atoms with Crippen molar-refractivity contribution in [2.75, 3.05) is 4.72 Å². The highest BCUT2D eigenvalue weighted by Gasteiger charge is 2.20. The molecule has 8 heteroatoms. The van der Waals surface area contributed by atoms with Crippen LogP contribution in [-0.2, 0) is 10.0 Å². The van der Waals surface area contributed by atoms with Gasteiger partial charge in [0.25, 0.3) is 10.0 Å². The predicted molar refractivity (Wildman–Crippen MR) is 93.8 cm³/mol. The van der Waals surface area contributed by atoms with E-state index in [2.05, 4.69) is 20.7 Å². The molecular weight excluding hydrogens is 402 g/mol. The van der Waals surface area contributed by atoms with Crippen LogP contribution in [0.25, 0.3) is 11.0 Å². The van der Waals surface area contributed by atoms with Gasteiger partial charge in [-0.2, -0.15) is 0 Å². The van der Waals surface area contributed by atoms with Gasteiger partial charge in [0.2, 0.25) is 0 Å². The first-order chi connectivity index (χ1) is 10.8. The number of nitrogens with one attached hydrogen (secondary N) is 1. The molecule has 0 radical (unpaired) electrons. The van der Waals surface area contributed by atoms with Gasteiger partial charge in [-0.15, -0.1) is 11.3 Å². The predicted octanol–water partition coefficient (Wildman–Crippen LogP) is 4.57. The number of Topliss-reactive ketones (excluding diaryl/α,β-unsaturated/α-hetero) is 1. The van der Waals surface area contributed by atoms with Crippen molar-refractivity contribution in [2.45, 2.75) is 18.1 Å². The summed E-state index contributed by atoms with van der Waals surface area (Å²) in [6.45, 7) is 3.16. The Bertz CT molecular complexity index is 1000. The van der Waals surface area contributed by atoms with Gasteiger partial charge in [-0.3, -0.25) is 9.52 Å². The molecule has 3 aromatic rings. The van der Waals surface area contributed by atoms with E-state index in [1.165, 1.54) is 13.0 Å². The topological polar surface area (TPSA) is 76.4 Å². The van der Waals surface area contributed by atoms with Crippen LogP contribution in [0.1, 0.15) is 23.0 Å². The maximum Gasteiger partial charge on any atom is 0.271 e. The quantitative estimate of drug-likeness (QED) is 0.635. The Kier molecular flexibility index (Phi) is 4.07. The molecule has 0 aliphatic rings. The zero-order valence-corrected chi connectivity index (χ0v) is 15.4. The van der Waals surface area contributed by atoms with Crippen LogP contribution >= 0.6 is 27.3 Å². The molecule has 3 rings (SSSR count). The number of anilines is 1. The number of hydrogen-bond donors (Lipinski definition) is 1. The average molecular weight is 414 g/mol. The number of carbonyl (C=O) groups is 1. The number of benzene rings is 1. The smallest absolute Gasteiger partial charge is 0.271 e. The van der Waals surface area contributed by atoms with Crippen LogP contribution in [0, 0.1) is 6.92 Å². The lowest BCUT2D eigenvalue weighted by Gasteiger charge is -2.07.